The van der Waals surface area contributed by atoms with Crippen molar-refractivity contribution < 1.29 is 0 Å². The van der Waals surface area contributed by atoms with E-state index in [1.165, 1.54) is 5.56 Å². The van der Waals surface area contributed by atoms with Gasteiger partial charge in [0, 0.05) is 16.8 Å². The lowest BCUT2D eigenvalue weighted by molar-refractivity contribution is 0.276. The summed E-state index contributed by atoms with van der Waals surface area (Å²) >= 11 is 0. The number of hydrogen-bond donors (Lipinski definition) is 2. The largest absolute Gasteiger partial charge is 0.399 e. The Morgan fingerprint density at radius 3 is 1.29 bits per heavy atom. The van der Waals surface area contributed by atoms with Gasteiger partial charge >= 0.3 is 0 Å². The van der Waals surface area contributed by atoms with Crippen LogP contribution in [0.2, 0.25) is 0 Å². The smallest absolute Gasteiger partial charge is 0.0241 e. The highest BCUT2D eigenvalue weighted by Crippen LogP contribution is 2.51. The molecule has 1 fully saturated rings. The van der Waals surface area contributed by atoms with Crippen molar-refractivity contribution >= 4 is 0 Å². The maximum Gasteiger partial charge on any atom is 0.0241 e. The Morgan fingerprint density at radius 1 is 0.571 bits per heavy atom. The van der Waals surface area contributed by atoms with Crippen LogP contribution in [-0.2, 0) is 0 Å². The average molecular weight is 559 g/mol. The molecule has 0 bridgehead atoms. The van der Waals surface area contributed by atoms with Crippen LogP contribution in [0.5, 0.6) is 0 Å². The Hall–Kier alpha value is -4.30. The molecule has 1 aromatic rings. The summed E-state index contributed by atoms with van der Waals surface area (Å²) in [5, 5.41) is 0. The lowest BCUT2D eigenvalue weighted by Crippen LogP contribution is -2.29. The van der Waals surface area contributed by atoms with Crippen molar-refractivity contribution in [1.29, 1.82) is 0 Å². The van der Waals surface area contributed by atoms with E-state index in [4.69, 9.17) is 11.5 Å². The summed E-state index contributed by atoms with van der Waals surface area (Å²) in [6.45, 7) is 33.3. The summed E-state index contributed by atoms with van der Waals surface area (Å²) in [6, 6.07) is 10.8. The Labute approximate surface area is 255 Å². The molecule has 1 aliphatic rings. The maximum absolute atomic E-state index is 5.62. The summed E-state index contributed by atoms with van der Waals surface area (Å²) in [5.41, 5.74) is 19.7. The van der Waals surface area contributed by atoms with Gasteiger partial charge in [-0.3, -0.25) is 0 Å². The van der Waals surface area contributed by atoms with E-state index in [0.29, 0.717) is 17.3 Å². The van der Waals surface area contributed by atoms with E-state index in [1.807, 2.05) is 12.2 Å². The SMILES string of the molecule is C=C(N)/C=C\C(=C)CCC(=C)/C=C\C(=C)C1(C(=C)/C=C\C(=C)CCC(=C)/C=C\C(=C)N)CCC(c2ccccc2)CC1. The van der Waals surface area contributed by atoms with Crippen LogP contribution in [-0.4, -0.2) is 0 Å². The second kappa shape index (κ2) is 16.8. The van der Waals surface area contributed by atoms with Crippen molar-refractivity contribution in [3.05, 3.63) is 182 Å². The van der Waals surface area contributed by atoms with Gasteiger partial charge in [0.15, 0.2) is 0 Å². The first-order chi connectivity index (χ1) is 19.9. The Balaban J connectivity index is 2.13. The highest BCUT2D eigenvalue weighted by Gasteiger charge is 2.38. The van der Waals surface area contributed by atoms with Gasteiger partial charge in [-0.1, -0.05) is 142 Å². The zero-order valence-corrected chi connectivity index (χ0v) is 25.6. The third-order valence-electron chi connectivity index (χ3n) is 7.98. The normalized spacial score (nSPS) is 15.3. The second-order valence-corrected chi connectivity index (χ2v) is 11.4. The number of allylic oxidation sites excluding steroid dienone is 14. The standard InChI is InChI=1S/C40H50N2/c1-30(14-16-32(3)20-24-36(7)41)18-22-34(5)40(28-26-39(27-29-40)38-12-10-9-11-13-38)35(6)23-19-31(2)15-17-33(4)21-25-37(8)42/h9-13,18-25,39H,1-8,14-17,26-29,41-42H2/b22-18-,23-19-,24-20-,25-21-. The molecule has 0 aliphatic heterocycles. The Bertz CT molecular complexity index is 1240. The molecule has 2 rings (SSSR count). The summed E-state index contributed by atoms with van der Waals surface area (Å²) < 4.78 is 0. The van der Waals surface area contributed by atoms with Crippen molar-refractivity contribution in [3.63, 3.8) is 0 Å². The van der Waals surface area contributed by atoms with Crippen LogP contribution in [0.25, 0.3) is 0 Å². The van der Waals surface area contributed by atoms with E-state index in [0.717, 1.165) is 84.8 Å². The first-order valence-electron chi connectivity index (χ1n) is 14.7. The molecule has 1 aromatic carbocycles. The summed E-state index contributed by atoms with van der Waals surface area (Å²) in [6.07, 6.45) is 23.2. The van der Waals surface area contributed by atoms with Gasteiger partial charge in [0.1, 0.15) is 0 Å². The third kappa shape index (κ3) is 11.3. The number of benzene rings is 1. The van der Waals surface area contributed by atoms with Crippen molar-refractivity contribution in [2.75, 3.05) is 0 Å². The molecule has 2 heteroatoms. The minimum atomic E-state index is -0.208. The first kappa shape index (κ1) is 33.9. The minimum Gasteiger partial charge on any atom is -0.399 e. The van der Waals surface area contributed by atoms with Gasteiger partial charge in [-0.05, 0) is 86.1 Å². The molecule has 0 saturated heterocycles. The molecular formula is C40H50N2. The summed E-state index contributed by atoms with van der Waals surface area (Å²) in [4.78, 5) is 0. The Morgan fingerprint density at radius 2 is 0.929 bits per heavy atom. The lowest BCUT2D eigenvalue weighted by atomic mass is 9.62. The van der Waals surface area contributed by atoms with Crippen LogP contribution in [0.4, 0.5) is 0 Å². The molecule has 220 valence electrons. The molecule has 0 spiro atoms. The number of rotatable bonds is 17. The van der Waals surface area contributed by atoms with E-state index in [2.05, 4.69) is 107 Å². The topological polar surface area (TPSA) is 52.0 Å². The third-order valence-corrected chi connectivity index (χ3v) is 7.98. The highest BCUT2D eigenvalue weighted by atomic mass is 14.5. The molecule has 42 heavy (non-hydrogen) atoms. The quantitative estimate of drug-likeness (QED) is 0.187. The van der Waals surface area contributed by atoms with Gasteiger partial charge in [0.05, 0.1) is 0 Å². The molecular weight excluding hydrogens is 508 g/mol. The van der Waals surface area contributed by atoms with E-state index < -0.39 is 0 Å². The van der Waals surface area contributed by atoms with Crippen LogP contribution in [0.15, 0.2) is 176 Å². The Kier molecular flexibility index (Phi) is 13.6. The summed E-state index contributed by atoms with van der Waals surface area (Å²) in [5.74, 6) is 0.546. The van der Waals surface area contributed by atoms with E-state index >= 15 is 0 Å². The van der Waals surface area contributed by atoms with Gasteiger partial charge < -0.3 is 11.5 Å². The van der Waals surface area contributed by atoms with Gasteiger partial charge in [0.2, 0.25) is 0 Å². The molecule has 1 aliphatic carbocycles. The molecule has 4 N–H and O–H groups in total. The predicted molar refractivity (Wildman–Crippen MR) is 187 cm³/mol. The van der Waals surface area contributed by atoms with Gasteiger partial charge in [-0.2, -0.15) is 0 Å². The molecule has 0 heterocycles. The molecule has 0 amide bonds. The first-order valence-corrected chi connectivity index (χ1v) is 14.7. The lowest BCUT2D eigenvalue weighted by Gasteiger charge is -2.42. The fourth-order valence-electron chi connectivity index (χ4n) is 5.20. The zero-order chi connectivity index (χ0) is 31.1. The van der Waals surface area contributed by atoms with Crippen LogP contribution >= 0.6 is 0 Å². The summed E-state index contributed by atoms with van der Waals surface area (Å²) in [7, 11) is 0. The zero-order valence-electron chi connectivity index (χ0n) is 25.6. The van der Waals surface area contributed by atoms with E-state index in [-0.39, 0.29) is 5.41 Å². The van der Waals surface area contributed by atoms with Crippen LogP contribution in [0, 0.1) is 5.41 Å². The van der Waals surface area contributed by atoms with Gasteiger partial charge in [0.25, 0.3) is 0 Å². The van der Waals surface area contributed by atoms with Crippen molar-refractivity contribution in [2.45, 2.75) is 57.3 Å². The van der Waals surface area contributed by atoms with Crippen molar-refractivity contribution in [2.24, 2.45) is 16.9 Å². The fourth-order valence-corrected chi connectivity index (χ4v) is 5.20. The monoisotopic (exact) mass is 558 g/mol. The number of nitrogens with two attached hydrogens (primary N) is 2. The van der Waals surface area contributed by atoms with E-state index in [9.17, 15) is 0 Å². The van der Waals surface area contributed by atoms with Crippen LogP contribution in [0.1, 0.15) is 62.8 Å². The van der Waals surface area contributed by atoms with Gasteiger partial charge in [-0.25, -0.2) is 0 Å². The number of hydrogen-bond acceptors (Lipinski definition) is 2. The maximum atomic E-state index is 5.62. The molecule has 0 aromatic heterocycles. The van der Waals surface area contributed by atoms with Crippen LogP contribution < -0.4 is 11.5 Å². The van der Waals surface area contributed by atoms with Crippen molar-refractivity contribution in [1.82, 2.24) is 0 Å². The highest BCUT2D eigenvalue weighted by molar-refractivity contribution is 5.43. The predicted octanol–water partition coefficient (Wildman–Crippen LogP) is 10.4. The van der Waals surface area contributed by atoms with E-state index in [1.54, 1.807) is 12.2 Å². The molecule has 2 nitrogen and oxygen atoms in total. The van der Waals surface area contributed by atoms with Crippen molar-refractivity contribution in [3.8, 4) is 0 Å². The minimum absolute atomic E-state index is 0.208. The fraction of sp³-hybridized carbons (Fsp3) is 0.250. The molecule has 0 atom stereocenters. The second-order valence-electron chi connectivity index (χ2n) is 11.4. The molecule has 0 unspecified atom stereocenters. The molecule has 1 saturated carbocycles. The molecule has 0 radical (unpaired) electrons. The average Bonchev–Trinajstić information content (AvgIpc) is 2.98. The van der Waals surface area contributed by atoms with Gasteiger partial charge in [-0.15, -0.1) is 0 Å². The van der Waals surface area contributed by atoms with Crippen LogP contribution in [0.3, 0.4) is 0 Å².